The lowest BCUT2D eigenvalue weighted by atomic mass is 10.0. The smallest absolute Gasteiger partial charge is 0.253 e. The van der Waals surface area contributed by atoms with Gasteiger partial charge in [0.25, 0.3) is 5.91 Å². The number of rotatable bonds is 5. The van der Waals surface area contributed by atoms with Crippen molar-refractivity contribution in [3.8, 4) is 0 Å². The van der Waals surface area contributed by atoms with Gasteiger partial charge < -0.3 is 20.2 Å². The monoisotopic (exact) mass is 300 g/mol. The number of hydrogen-bond acceptors (Lipinski definition) is 6. The molecule has 0 radical (unpaired) electrons. The fourth-order valence-corrected chi connectivity index (χ4v) is 2.19. The van der Waals surface area contributed by atoms with Gasteiger partial charge in [0.05, 0.1) is 17.2 Å². The van der Waals surface area contributed by atoms with Crippen LogP contribution in [0, 0.1) is 0 Å². The first-order valence-electron chi connectivity index (χ1n) is 6.13. The van der Waals surface area contributed by atoms with Crippen LogP contribution in [0.3, 0.4) is 0 Å². The quantitative estimate of drug-likeness (QED) is 0.543. The van der Waals surface area contributed by atoms with Gasteiger partial charge in [0.1, 0.15) is 5.60 Å². The number of aromatic nitrogens is 1. The lowest BCUT2D eigenvalue weighted by Gasteiger charge is -2.25. The van der Waals surface area contributed by atoms with Crippen LogP contribution in [-0.2, 0) is 9.47 Å². The predicted octanol–water partition coefficient (Wildman–Crippen LogP) is 0.556. The average molecular weight is 301 g/mol. The van der Waals surface area contributed by atoms with E-state index in [1.54, 1.807) is 7.11 Å². The molecule has 0 aromatic carbocycles. The number of halogens is 1. The van der Waals surface area contributed by atoms with Gasteiger partial charge in [-0.2, -0.15) is 0 Å². The molecular weight excluding hydrogens is 284 g/mol. The molecule has 1 atom stereocenters. The molecule has 2 heterocycles. The number of anilines is 1. The molecule has 1 aliphatic heterocycles. The Morgan fingerprint density at radius 3 is 3.05 bits per heavy atom. The van der Waals surface area contributed by atoms with Gasteiger partial charge in [0.15, 0.2) is 5.82 Å². The molecular formula is C12H17ClN4O3. The molecule has 1 saturated heterocycles. The topological polar surface area (TPSA) is 98.5 Å². The summed E-state index contributed by atoms with van der Waals surface area (Å²) in [5.74, 6) is 5.27. The molecule has 0 aliphatic carbocycles. The number of ether oxygens (including phenoxy) is 2. The fourth-order valence-electron chi connectivity index (χ4n) is 1.97. The van der Waals surface area contributed by atoms with Crippen LogP contribution in [-0.4, -0.2) is 43.4 Å². The van der Waals surface area contributed by atoms with Crippen molar-refractivity contribution in [2.45, 2.75) is 12.0 Å². The van der Waals surface area contributed by atoms with Crippen LogP contribution in [0.1, 0.15) is 16.8 Å². The number of nitrogens with one attached hydrogen (secondary N) is 2. The molecule has 1 amide bonds. The molecule has 0 spiro atoms. The molecule has 1 fully saturated rings. The second-order valence-electron chi connectivity index (χ2n) is 4.57. The summed E-state index contributed by atoms with van der Waals surface area (Å²) in [6.45, 7) is 1.48. The van der Waals surface area contributed by atoms with E-state index in [9.17, 15) is 4.79 Å². The van der Waals surface area contributed by atoms with Crippen LogP contribution in [0.25, 0.3) is 0 Å². The van der Waals surface area contributed by atoms with Gasteiger partial charge in [-0.15, -0.1) is 0 Å². The van der Waals surface area contributed by atoms with E-state index in [-0.39, 0.29) is 10.9 Å². The van der Waals surface area contributed by atoms with Crippen LogP contribution < -0.4 is 16.6 Å². The van der Waals surface area contributed by atoms with Crippen molar-refractivity contribution < 1.29 is 14.3 Å². The summed E-state index contributed by atoms with van der Waals surface area (Å²) in [5, 5.41) is 3.09. The van der Waals surface area contributed by atoms with Gasteiger partial charge in [-0.1, -0.05) is 11.6 Å². The number of carbonyl (C=O) groups excluding carboxylic acids is 1. The van der Waals surface area contributed by atoms with Crippen molar-refractivity contribution in [1.29, 1.82) is 0 Å². The zero-order valence-electron chi connectivity index (χ0n) is 11.1. The van der Waals surface area contributed by atoms with Gasteiger partial charge >= 0.3 is 0 Å². The minimum absolute atomic E-state index is 0.272. The highest BCUT2D eigenvalue weighted by molar-refractivity contribution is 6.33. The number of nitrogen functional groups attached to an aromatic ring is 1. The maximum atomic E-state index is 12.1. The third kappa shape index (κ3) is 3.18. The van der Waals surface area contributed by atoms with E-state index in [0.29, 0.717) is 31.1 Å². The first-order valence-corrected chi connectivity index (χ1v) is 6.51. The Kier molecular flexibility index (Phi) is 4.77. The Morgan fingerprint density at radius 2 is 2.50 bits per heavy atom. The van der Waals surface area contributed by atoms with Crippen molar-refractivity contribution in [2.75, 3.05) is 32.3 Å². The molecule has 1 aromatic rings. The number of pyridine rings is 1. The van der Waals surface area contributed by atoms with Gasteiger partial charge in [0, 0.05) is 32.9 Å². The third-order valence-corrected chi connectivity index (χ3v) is 3.60. The number of methoxy groups -OCH3 is 1. The van der Waals surface area contributed by atoms with E-state index in [2.05, 4.69) is 15.7 Å². The zero-order valence-corrected chi connectivity index (χ0v) is 11.9. The first kappa shape index (κ1) is 15.0. The molecule has 1 aromatic heterocycles. The van der Waals surface area contributed by atoms with Crippen LogP contribution in [0.2, 0.25) is 5.02 Å². The van der Waals surface area contributed by atoms with E-state index in [1.807, 2.05) is 0 Å². The lowest BCUT2D eigenvalue weighted by molar-refractivity contribution is -0.0148. The first-order chi connectivity index (χ1) is 9.60. The number of nitrogens with zero attached hydrogens (tertiary/aromatic N) is 1. The Hall–Kier alpha value is -1.41. The van der Waals surface area contributed by atoms with Gasteiger partial charge in [0.2, 0.25) is 0 Å². The maximum absolute atomic E-state index is 12.1. The van der Waals surface area contributed by atoms with E-state index in [4.69, 9.17) is 26.9 Å². The molecule has 20 heavy (non-hydrogen) atoms. The Morgan fingerprint density at radius 1 is 1.70 bits per heavy atom. The Labute approximate surface area is 121 Å². The highest BCUT2D eigenvalue weighted by Crippen LogP contribution is 2.22. The molecule has 1 aliphatic rings. The van der Waals surface area contributed by atoms with Crippen molar-refractivity contribution in [1.82, 2.24) is 10.3 Å². The van der Waals surface area contributed by atoms with Crippen LogP contribution in [0.15, 0.2) is 12.3 Å². The molecule has 8 heteroatoms. The lowest BCUT2D eigenvalue weighted by Crippen LogP contribution is -2.45. The van der Waals surface area contributed by atoms with Crippen molar-refractivity contribution in [2.24, 2.45) is 5.84 Å². The summed E-state index contributed by atoms with van der Waals surface area (Å²) in [6.07, 6.45) is 2.15. The zero-order chi connectivity index (χ0) is 14.6. The number of carbonyl (C=O) groups is 1. The number of hydrazine groups is 1. The molecule has 0 bridgehead atoms. The number of amides is 1. The molecule has 7 nitrogen and oxygen atoms in total. The van der Waals surface area contributed by atoms with Crippen LogP contribution in [0.5, 0.6) is 0 Å². The SMILES string of the molecule is COC1(CNC(=O)c2cnc(NN)c(Cl)c2)CCOC1. The fraction of sp³-hybridized carbons (Fsp3) is 0.500. The normalized spacial score (nSPS) is 21.8. The number of hydrogen-bond donors (Lipinski definition) is 3. The highest BCUT2D eigenvalue weighted by atomic mass is 35.5. The summed E-state index contributed by atoms with van der Waals surface area (Å²) in [6, 6.07) is 1.50. The standard InChI is InChI=1S/C12H17ClN4O3/c1-19-12(2-3-20-7-12)6-16-11(18)8-4-9(13)10(17-14)15-5-8/h4-5H,2-3,6-7,14H2,1H3,(H,15,17)(H,16,18). The maximum Gasteiger partial charge on any atom is 0.253 e. The van der Waals surface area contributed by atoms with Crippen molar-refractivity contribution in [3.63, 3.8) is 0 Å². The molecule has 4 N–H and O–H groups in total. The average Bonchev–Trinajstić information content (AvgIpc) is 2.94. The van der Waals surface area contributed by atoms with Gasteiger partial charge in [-0.25, -0.2) is 10.8 Å². The summed E-state index contributed by atoms with van der Waals surface area (Å²) in [5.41, 5.74) is 2.25. The van der Waals surface area contributed by atoms with E-state index >= 15 is 0 Å². The summed E-state index contributed by atoms with van der Waals surface area (Å²) < 4.78 is 10.7. The molecule has 1 unspecified atom stereocenters. The van der Waals surface area contributed by atoms with Gasteiger partial charge in [-0.3, -0.25) is 4.79 Å². The minimum Gasteiger partial charge on any atom is -0.378 e. The number of nitrogens with two attached hydrogens (primary N) is 1. The van der Waals surface area contributed by atoms with E-state index in [1.165, 1.54) is 12.3 Å². The highest BCUT2D eigenvalue weighted by Gasteiger charge is 2.35. The molecule has 110 valence electrons. The van der Waals surface area contributed by atoms with Crippen molar-refractivity contribution in [3.05, 3.63) is 22.8 Å². The third-order valence-electron chi connectivity index (χ3n) is 3.31. The minimum atomic E-state index is -0.453. The Bertz CT molecular complexity index is 492. The predicted molar refractivity (Wildman–Crippen MR) is 74.6 cm³/mol. The summed E-state index contributed by atoms with van der Waals surface area (Å²) in [7, 11) is 1.61. The summed E-state index contributed by atoms with van der Waals surface area (Å²) in [4.78, 5) is 16.0. The Balaban J connectivity index is 1.99. The molecule has 2 rings (SSSR count). The largest absolute Gasteiger partial charge is 0.378 e. The second kappa shape index (κ2) is 6.36. The van der Waals surface area contributed by atoms with Crippen LogP contribution in [0.4, 0.5) is 5.82 Å². The van der Waals surface area contributed by atoms with Crippen LogP contribution >= 0.6 is 11.6 Å². The van der Waals surface area contributed by atoms with E-state index < -0.39 is 5.60 Å². The van der Waals surface area contributed by atoms with E-state index in [0.717, 1.165) is 6.42 Å². The molecule has 0 saturated carbocycles. The van der Waals surface area contributed by atoms with Crippen molar-refractivity contribution >= 4 is 23.3 Å². The second-order valence-corrected chi connectivity index (χ2v) is 4.98. The van der Waals surface area contributed by atoms with Gasteiger partial charge in [-0.05, 0) is 6.07 Å². The summed E-state index contributed by atoms with van der Waals surface area (Å²) >= 11 is 5.93.